The number of fused-ring (bicyclic) bond motifs is 1. The van der Waals surface area contributed by atoms with Crippen molar-refractivity contribution in [2.75, 3.05) is 18.9 Å². The molecule has 0 saturated carbocycles. The Morgan fingerprint density at radius 2 is 2.37 bits per heavy atom. The van der Waals surface area contributed by atoms with Gasteiger partial charge >= 0.3 is 0 Å². The van der Waals surface area contributed by atoms with Crippen molar-refractivity contribution in [2.24, 2.45) is 0 Å². The smallest absolute Gasteiger partial charge is 0.263 e. The molecular weight excluding hydrogens is 260 g/mol. The maximum absolute atomic E-state index is 12.2. The van der Waals surface area contributed by atoms with Crippen LogP contribution >= 0.6 is 11.3 Å². The largest absolute Gasteiger partial charge is 0.397 e. The summed E-state index contributed by atoms with van der Waals surface area (Å²) in [6, 6.07) is 6.16. The number of amides is 1. The van der Waals surface area contributed by atoms with Crippen molar-refractivity contribution >= 4 is 33.0 Å². The Balaban J connectivity index is 1.91. The van der Waals surface area contributed by atoms with Crippen LogP contribution < -0.4 is 11.1 Å². The standard InChI is InChI=1S/C14H16N2O2S/c1-8-2-3-10-11(6-8)19-13(12(10)15)14(17)16-9-4-5-18-7-9/h2-3,6,9H,4-5,7,15H2,1H3,(H,16,17). The van der Waals surface area contributed by atoms with Crippen LogP contribution in [0.15, 0.2) is 18.2 Å². The number of rotatable bonds is 2. The summed E-state index contributed by atoms with van der Waals surface area (Å²) in [5.41, 5.74) is 7.83. The van der Waals surface area contributed by atoms with Crippen molar-refractivity contribution < 1.29 is 9.53 Å². The highest BCUT2D eigenvalue weighted by Gasteiger charge is 2.22. The third-order valence-electron chi connectivity index (χ3n) is 3.36. The summed E-state index contributed by atoms with van der Waals surface area (Å²) in [5, 5.41) is 3.94. The molecule has 3 rings (SSSR count). The lowest BCUT2D eigenvalue weighted by Gasteiger charge is -2.09. The first-order chi connectivity index (χ1) is 9.15. The van der Waals surface area contributed by atoms with Gasteiger partial charge in [0.05, 0.1) is 18.3 Å². The molecule has 4 nitrogen and oxygen atoms in total. The number of aryl methyl sites for hydroxylation is 1. The second-order valence-electron chi connectivity index (χ2n) is 4.88. The number of carbonyl (C=O) groups is 1. The minimum atomic E-state index is -0.0909. The third kappa shape index (κ3) is 2.31. The fourth-order valence-electron chi connectivity index (χ4n) is 2.29. The molecule has 100 valence electrons. The van der Waals surface area contributed by atoms with Gasteiger partial charge in [0.15, 0.2) is 0 Å². The van der Waals surface area contributed by atoms with Crippen molar-refractivity contribution in [3.63, 3.8) is 0 Å². The van der Waals surface area contributed by atoms with Crippen molar-refractivity contribution in [3.05, 3.63) is 28.6 Å². The van der Waals surface area contributed by atoms with Crippen LogP contribution in [-0.2, 0) is 4.74 Å². The third-order valence-corrected chi connectivity index (χ3v) is 4.52. The number of anilines is 1. The SMILES string of the molecule is Cc1ccc2c(N)c(C(=O)NC3CCOC3)sc2c1. The first-order valence-electron chi connectivity index (χ1n) is 6.32. The summed E-state index contributed by atoms with van der Waals surface area (Å²) < 4.78 is 6.32. The quantitative estimate of drug-likeness (QED) is 0.884. The summed E-state index contributed by atoms with van der Waals surface area (Å²) in [5.74, 6) is -0.0909. The van der Waals surface area contributed by atoms with Gasteiger partial charge in [0.1, 0.15) is 4.88 Å². The molecule has 0 spiro atoms. The van der Waals surface area contributed by atoms with Crippen LogP contribution in [0.5, 0.6) is 0 Å². The predicted octanol–water partition coefficient (Wildman–Crippen LogP) is 2.31. The zero-order valence-electron chi connectivity index (χ0n) is 10.7. The molecule has 1 fully saturated rings. The molecule has 1 atom stereocenters. The van der Waals surface area contributed by atoms with Crippen LogP contribution in [0.1, 0.15) is 21.7 Å². The monoisotopic (exact) mass is 276 g/mol. The Hall–Kier alpha value is -1.59. The molecule has 1 aliphatic heterocycles. The Labute approximate surface area is 115 Å². The zero-order chi connectivity index (χ0) is 13.4. The predicted molar refractivity (Wildman–Crippen MR) is 77.7 cm³/mol. The Bertz CT molecular complexity index is 630. The van der Waals surface area contributed by atoms with E-state index in [0.717, 1.165) is 16.5 Å². The van der Waals surface area contributed by atoms with Crippen molar-refractivity contribution in [1.82, 2.24) is 5.32 Å². The highest BCUT2D eigenvalue weighted by molar-refractivity contribution is 7.21. The number of hydrogen-bond donors (Lipinski definition) is 2. The van der Waals surface area contributed by atoms with E-state index < -0.39 is 0 Å². The van der Waals surface area contributed by atoms with E-state index in [9.17, 15) is 4.79 Å². The van der Waals surface area contributed by atoms with E-state index in [2.05, 4.69) is 11.4 Å². The lowest BCUT2D eigenvalue weighted by atomic mass is 10.1. The Morgan fingerprint density at radius 1 is 1.53 bits per heavy atom. The first kappa shape index (κ1) is 12.4. The Morgan fingerprint density at radius 3 is 3.11 bits per heavy atom. The fraction of sp³-hybridized carbons (Fsp3) is 0.357. The van der Waals surface area contributed by atoms with Gasteiger partial charge in [0, 0.05) is 16.7 Å². The minimum Gasteiger partial charge on any atom is -0.397 e. The van der Waals surface area contributed by atoms with E-state index in [-0.39, 0.29) is 11.9 Å². The zero-order valence-corrected chi connectivity index (χ0v) is 11.5. The molecule has 0 bridgehead atoms. The Kier molecular flexibility index (Phi) is 3.16. The average molecular weight is 276 g/mol. The van der Waals surface area contributed by atoms with E-state index in [4.69, 9.17) is 10.5 Å². The molecule has 2 aromatic rings. The van der Waals surface area contributed by atoms with E-state index in [1.807, 2.05) is 19.1 Å². The molecule has 1 aromatic carbocycles. The number of hydrogen-bond acceptors (Lipinski definition) is 4. The maximum Gasteiger partial charge on any atom is 0.263 e. The fourth-order valence-corrected chi connectivity index (χ4v) is 3.42. The molecule has 2 heterocycles. The van der Waals surface area contributed by atoms with E-state index >= 15 is 0 Å². The molecular formula is C14H16N2O2S. The molecule has 1 aromatic heterocycles. The van der Waals surface area contributed by atoms with Crippen molar-refractivity contribution in [1.29, 1.82) is 0 Å². The number of nitrogens with two attached hydrogens (primary N) is 1. The summed E-state index contributed by atoms with van der Waals surface area (Å²) in [7, 11) is 0. The van der Waals surface area contributed by atoms with Crippen LogP contribution in [0.2, 0.25) is 0 Å². The van der Waals surface area contributed by atoms with E-state index in [0.29, 0.717) is 23.8 Å². The number of carbonyl (C=O) groups excluding carboxylic acids is 1. The highest BCUT2D eigenvalue weighted by atomic mass is 32.1. The van der Waals surface area contributed by atoms with Gasteiger partial charge in [-0.2, -0.15) is 0 Å². The summed E-state index contributed by atoms with van der Waals surface area (Å²) in [6.45, 7) is 3.34. The van der Waals surface area contributed by atoms with E-state index in [1.165, 1.54) is 16.9 Å². The summed E-state index contributed by atoms with van der Waals surface area (Å²) in [4.78, 5) is 12.8. The number of nitrogens with one attached hydrogen (secondary N) is 1. The minimum absolute atomic E-state index is 0.0909. The topological polar surface area (TPSA) is 64.4 Å². The second-order valence-corrected chi connectivity index (χ2v) is 5.93. The van der Waals surface area contributed by atoms with Crippen molar-refractivity contribution in [2.45, 2.75) is 19.4 Å². The molecule has 1 unspecified atom stereocenters. The molecule has 1 saturated heterocycles. The van der Waals surface area contributed by atoms with Gasteiger partial charge in [0.2, 0.25) is 0 Å². The lowest BCUT2D eigenvalue weighted by Crippen LogP contribution is -2.34. The van der Waals surface area contributed by atoms with Crippen molar-refractivity contribution in [3.8, 4) is 0 Å². The molecule has 5 heteroatoms. The summed E-state index contributed by atoms with van der Waals surface area (Å²) >= 11 is 1.45. The normalized spacial score (nSPS) is 18.9. The van der Waals surface area contributed by atoms with Gasteiger partial charge in [-0.3, -0.25) is 4.79 Å². The van der Waals surface area contributed by atoms with Gasteiger partial charge in [0.25, 0.3) is 5.91 Å². The number of benzene rings is 1. The molecule has 0 aliphatic carbocycles. The second kappa shape index (κ2) is 4.83. The van der Waals surface area contributed by atoms with Gasteiger partial charge < -0.3 is 15.8 Å². The molecule has 1 aliphatic rings. The number of thiophene rings is 1. The number of nitrogen functional groups attached to an aromatic ring is 1. The molecule has 3 N–H and O–H groups in total. The van der Waals surface area contributed by atoms with Gasteiger partial charge in [-0.25, -0.2) is 0 Å². The molecule has 19 heavy (non-hydrogen) atoms. The first-order valence-corrected chi connectivity index (χ1v) is 7.14. The van der Waals surface area contributed by atoms with Crippen LogP contribution in [-0.4, -0.2) is 25.2 Å². The van der Waals surface area contributed by atoms with Gasteiger partial charge in [-0.15, -0.1) is 11.3 Å². The highest BCUT2D eigenvalue weighted by Crippen LogP contribution is 2.34. The molecule has 1 amide bonds. The van der Waals surface area contributed by atoms with E-state index in [1.54, 1.807) is 0 Å². The number of ether oxygens (including phenoxy) is 1. The summed E-state index contributed by atoms with van der Waals surface area (Å²) in [6.07, 6.45) is 0.871. The maximum atomic E-state index is 12.2. The molecule has 0 radical (unpaired) electrons. The van der Waals surface area contributed by atoms with Crippen LogP contribution in [0.3, 0.4) is 0 Å². The van der Waals surface area contributed by atoms with Gasteiger partial charge in [-0.05, 0) is 25.0 Å². The lowest BCUT2D eigenvalue weighted by molar-refractivity contribution is 0.0935. The average Bonchev–Trinajstić information content (AvgIpc) is 2.97. The van der Waals surface area contributed by atoms with Gasteiger partial charge in [-0.1, -0.05) is 12.1 Å². The van der Waals surface area contributed by atoms with Crippen LogP contribution in [0.25, 0.3) is 10.1 Å². The van der Waals surface area contributed by atoms with Crippen LogP contribution in [0, 0.1) is 6.92 Å². The van der Waals surface area contributed by atoms with Crippen LogP contribution in [0.4, 0.5) is 5.69 Å².